The van der Waals surface area contributed by atoms with Gasteiger partial charge in [-0.15, -0.1) is 0 Å². The van der Waals surface area contributed by atoms with Crippen LogP contribution in [0.4, 0.5) is 5.69 Å². The molecule has 1 aromatic heterocycles. The van der Waals surface area contributed by atoms with Crippen molar-refractivity contribution in [2.75, 3.05) is 24.6 Å². The lowest BCUT2D eigenvalue weighted by molar-refractivity contribution is -0.130. The Kier molecular flexibility index (Phi) is 3.84. The van der Waals surface area contributed by atoms with Crippen LogP contribution in [0.15, 0.2) is 24.4 Å². The summed E-state index contributed by atoms with van der Waals surface area (Å²) in [5, 5.41) is 10.7. The molecule has 2 heterocycles. The van der Waals surface area contributed by atoms with Crippen molar-refractivity contribution in [2.24, 2.45) is 5.73 Å². The minimum Gasteiger partial charge on any atom is -0.367 e. The third kappa shape index (κ3) is 2.56. The van der Waals surface area contributed by atoms with Crippen LogP contribution in [0.5, 0.6) is 0 Å². The summed E-state index contributed by atoms with van der Waals surface area (Å²) in [4.78, 5) is 17.6. The van der Waals surface area contributed by atoms with Gasteiger partial charge in [-0.25, -0.2) is 0 Å². The Hall–Kier alpha value is -2.36. The van der Waals surface area contributed by atoms with Crippen LogP contribution in [-0.2, 0) is 9.53 Å². The SMILES string of the molecule is N#Cc1cnc2ccc(Cl)cc2c1N1CCO[C@@H](C(N)=O)C1. The highest BCUT2D eigenvalue weighted by Crippen LogP contribution is 2.32. The summed E-state index contributed by atoms with van der Waals surface area (Å²) in [5.41, 5.74) is 7.21. The molecule has 6 nitrogen and oxygen atoms in total. The van der Waals surface area contributed by atoms with Crippen LogP contribution in [0.25, 0.3) is 10.9 Å². The van der Waals surface area contributed by atoms with E-state index in [-0.39, 0.29) is 0 Å². The van der Waals surface area contributed by atoms with Gasteiger partial charge in [-0.2, -0.15) is 5.26 Å². The molecule has 0 bridgehead atoms. The number of primary amides is 1. The molecule has 0 saturated carbocycles. The van der Waals surface area contributed by atoms with Gasteiger partial charge in [0.15, 0.2) is 6.10 Å². The number of nitrogens with zero attached hydrogens (tertiary/aromatic N) is 3. The number of nitriles is 1. The highest BCUT2D eigenvalue weighted by atomic mass is 35.5. The fourth-order valence-corrected chi connectivity index (χ4v) is 2.77. The van der Waals surface area contributed by atoms with Crippen molar-refractivity contribution < 1.29 is 9.53 Å². The molecule has 1 aliphatic heterocycles. The number of morpholine rings is 1. The first-order valence-corrected chi connectivity index (χ1v) is 7.12. The van der Waals surface area contributed by atoms with Gasteiger partial charge in [-0.3, -0.25) is 9.78 Å². The number of pyridine rings is 1. The van der Waals surface area contributed by atoms with E-state index in [2.05, 4.69) is 11.1 Å². The Morgan fingerprint density at radius 1 is 1.55 bits per heavy atom. The molecule has 1 amide bonds. The number of nitrogens with two attached hydrogens (primary N) is 1. The van der Waals surface area contributed by atoms with Crippen molar-refractivity contribution >= 4 is 34.1 Å². The minimum atomic E-state index is -0.692. The molecule has 0 spiro atoms. The fourth-order valence-electron chi connectivity index (χ4n) is 2.60. The van der Waals surface area contributed by atoms with Gasteiger partial charge >= 0.3 is 0 Å². The number of carbonyl (C=O) groups excluding carboxylic acids is 1. The molecule has 0 radical (unpaired) electrons. The molecular formula is C15H13ClN4O2. The Balaban J connectivity index is 2.14. The van der Waals surface area contributed by atoms with Crippen LogP contribution in [0.2, 0.25) is 5.02 Å². The topological polar surface area (TPSA) is 92.2 Å². The van der Waals surface area contributed by atoms with Gasteiger partial charge < -0.3 is 15.4 Å². The van der Waals surface area contributed by atoms with Crippen molar-refractivity contribution in [2.45, 2.75) is 6.10 Å². The van der Waals surface area contributed by atoms with E-state index in [9.17, 15) is 10.1 Å². The van der Waals surface area contributed by atoms with Crippen molar-refractivity contribution in [3.63, 3.8) is 0 Å². The smallest absolute Gasteiger partial charge is 0.248 e. The molecule has 2 aromatic rings. The first-order valence-electron chi connectivity index (χ1n) is 6.74. The first kappa shape index (κ1) is 14.6. The van der Waals surface area contributed by atoms with Crippen LogP contribution in [0.1, 0.15) is 5.56 Å². The largest absolute Gasteiger partial charge is 0.367 e. The van der Waals surface area contributed by atoms with Gasteiger partial charge in [0, 0.05) is 23.2 Å². The summed E-state index contributed by atoms with van der Waals surface area (Å²) in [6.07, 6.45) is 0.836. The molecule has 22 heavy (non-hydrogen) atoms. The monoisotopic (exact) mass is 316 g/mol. The lowest BCUT2D eigenvalue weighted by atomic mass is 10.1. The third-order valence-electron chi connectivity index (χ3n) is 3.62. The Labute approximate surface area is 132 Å². The molecule has 0 aliphatic carbocycles. The number of carbonyl (C=O) groups is 1. The first-order chi connectivity index (χ1) is 10.6. The zero-order valence-corrected chi connectivity index (χ0v) is 12.4. The van der Waals surface area contributed by atoms with E-state index in [0.717, 1.165) is 10.9 Å². The maximum Gasteiger partial charge on any atom is 0.248 e. The number of ether oxygens (including phenoxy) is 1. The molecular weight excluding hydrogens is 304 g/mol. The zero-order chi connectivity index (χ0) is 15.7. The lowest BCUT2D eigenvalue weighted by Gasteiger charge is -2.34. The van der Waals surface area contributed by atoms with Gasteiger partial charge in [0.1, 0.15) is 6.07 Å². The normalized spacial score (nSPS) is 18.2. The zero-order valence-electron chi connectivity index (χ0n) is 11.6. The van der Waals surface area contributed by atoms with E-state index in [4.69, 9.17) is 22.1 Å². The molecule has 2 N–H and O–H groups in total. The van der Waals surface area contributed by atoms with Crippen LogP contribution >= 0.6 is 11.6 Å². The summed E-state index contributed by atoms with van der Waals surface area (Å²) in [6, 6.07) is 7.47. The summed E-state index contributed by atoms with van der Waals surface area (Å²) in [7, 11) is 0. The van der Waals surface area contributed by atoms with E-state index in [1.54, 1.807) is 18.2 Å². The molecule has 1 aromatic carbocycles. The second-order valence-electron chi connectivity index (χ2n) is 5.00. The van der Waals surface area contributed by atoms with Gasteiger partial charge in [-0.05, 0) is 18.2 Å². The minimum absolute atomic E-state index is 0.301. The van der Waals surface area contributed by atoms with Crippen molar-refractivity contribution in [3.8, 4) is 6.07 Å². The third-order valence-corrected chi connectivity index (χ3v) is 3.86. The second kappa shape index (κ2) is 5.79. The maximum absolute atomic E-state index is 11.4. The summed E-state index contributed by atoms with van der Waals surface area (Å²) < 4.78 is 5.36. The quantitative estimate of drug-likeness (QED) is 0.905. The standard InChI is InChI=1S/C15H13ClN4O2/c16-10-1-2-12-11(5-10)14(9(6-17)7-19-12)20-3-4-22-13(8-20)15(18)21/h1-2,5,7,13H,3-4,8H2,(H2,18,21)/t13-/m1/s1. The van der Waals surface area contributed by atoms with E-state index < -0.39 is 12.0 Å². The number of rotatable bonds is 2. The van der Waals surface area contributed by atoms with Crippen molar-refractivity contribution in [3.05, 3.63) is 35.0 Å². The second-order valence-corrected chi connectivity index (χ2v) is 5.44. The molecule has 0 unspecified atom stereocenters. The van der Waals surface area contributed by atoms with E-state index in [1.807, 2.05) is 4.90 Å². The number of anilines is 1. The Morgan fingerprint density at radius 3 is 3.09 bits per heavy atom. The molecule has 3 rings (SSSR count). The fraction of sp³-hybridized carbons (Fsp3) is 0.267. The summed E-state index contributed by atoms with van der Waals surface area (Å²) >= 11 is 6.08. The number of aromatic nitrogens is 1. The summed E-state index contributed by atoms with van der Waals surface area (Å²) in [5.74, 6) is -0.514. The van der Waals surface area contributed by atoms with Gasteiger partial charge in [-0.1, -0.05) is 11.6 Å². The van der Waals surface area contributed by atoms with Crippen molar-refractivity contribution in [1.29, 1.82) is 5.26 Å². The molecule has 1 atom stereocenters. The average molecular weight is 317 g/mol. The lowest BCUT2D eigenvalue weighted by Crippen LogP contribution is -2.48. The predicted octanol–water partition coefficient (Wildman–Crippen LogP) is 1.45. The van der Waals surface area contributed by atoms with Gasteiger partial charge in [0.05, 0.1) is 29.9 Å². The molecule has 7 heteroatoms. The predicted molar refractivity (Wildman–Crippen MR) is 82.6 cm³/mol. The number of benzene rings is 1. The van der Waals surface area contributed by atoms with Crippen LogP contribution in [0.3, 0.4) is 0 Å². The number of hydrogen-bond donors (Lipinski definition) is 1. The highest BCUT2D eigenvalue weighted by molar-refractivity contribution is 6.31. The number of hydrogen-bond acceptors (Lipinski definition) is 5. The van der Waals surface area contributed by atoms with Gasteiger partial charge in [0.2, 0.25) is 5.91 Å². The van der Waals surface area contributed by atoms with E-state index >= 15 is 0 Å². The molecule has 112 valence electrons. The molecule has 1 saturated heterocycles. The van der Waals surface area contributed by atoms with Crippen LogP contribution < -0.4 is 10.6 Å². The molecule has 1 aliphatic rings. The Morgan fingerprint density at radius 2 is 2.36 bits per heavy atom. The maximum atomic E-state index is 11.4. The number of fused-ring (bicyclic) bond motifs is 1. The average Bonchev–Trinajstić information content (AvgIpc) is 2.53. The summed E-state index contributed by atoms with van der Waals surface area (Å²) in [6.45, 7) is 1.22. The van der Waals surface area contributed by atoms with E-state index in [0.29, 0.717) is 36.0 Å². The number of amides is 1. The van der Waals surface area contributed by atoms with Gasteiger partial charge in [0.25, 0.3) is 0 Å². The Bertz CT molecular complexity index is 787. The van der Waals surface area contributed by atoms with E-state index in [1.165, 1.54) is 6.20 Å². The van der Waals surface area contributed by atoms with Crippen LogP contribution in [-0.4, -0.2) is 36.7 Å². The van der Waals surface area contributed by atoms with Crippen molar-refractivity contribution in [1.82, 2.24) is 4.98 Å². The van der Waals surface area contributed by atoms with Crippen LogP contribution in [0, 0.1) is 11.3 Å². The number of halogens is 1. The highest BCUT2D eigenvalue weighted by Gasteiger charge is 2.27. The molecule has 1 fully saturated rings.